The first kappa shape index (κ1) is 20.6. The predicted octanol–water partition coefficient (Wildman–Crippen LogP) is 6.88. The van der Waals surface area contributed by atoms with Gasteiger partial charge < -0.3 is 0 Å². The van der Waals surface area contributed by atoms with Crippen molar-refractivity contribution in [1.29, 1.82) is 0 Å². The molecule has 26 heavy (non-hydrogen) atoms. The zero-order chi connectivity index (χ0) is 20.0. The van der Waals surface area contributed by atoms with E-state index in [9.17, 15) is 31.1 Å². The van der Waals surface area contributed by atoms with Gasteiger partial charge >= 0.3 is 12.4 Å². The van der Waals surface area contributed by atoms with Crippen LogP contribution in [0.25, 0.3) is 0 Å². The van der Waals surface area contributed by atoms with Crippen molar-refractivity contribution < 1.29 is 31.1 Å². The second-order valence-corrected chi connectivity index (χ2v) is 6.39. The van der Waals surface area contributed by atoms with Gasteiger partial charge in [-0.2, -0.15) is 26.3 Å². The molecule has 0 spiro atoms. The summed E-state index contributed by atoms with van der Waals surface area (Å²) in [6, 6.07) is 2.50. The fourth-order valence-corrected chi connectivity index (χ4v) is 2.73. The zero-order valence-corrected chi connectivity index (χ0v) is 14.8. The van der Waals surface area contributed by atoms with E-state index >= 15 is 0 Å². The smallest absolute Gasteiger partial charge is 0.288 e. The molecular weight excluding hydrogens is 405 g/mol. The fourth-order valence-electron chi connectivity index (χ4n) is 2.34. The summed E-state index contributed by atoms with van der Waals surface area (Å²) in [4.78, 5) is 12.6. The van der Waals surface area contributed by atoms with Gasteiger partial charge in [-0.25, -0.2) is 0 Å². The summed E-state index contributed by atoms with van der Waals surface area (Å²) >= 11 is 11.9. The number of halogens is 8. The van der Waals surface area contributed by atoms with Crippen molar-refractivity contribution in [2.45, 2.75) is 26.2 Å². The Balaban J connectivity index is 2.71. The van der Waals surface area contributed by atoms with Crippen LogP contribution in [0.3, 0.4) is 0 Å². The molecule has 2 aromatic carbocycles. The zero-order valence-electron chi connectivity index (χ0n) is 13.2. The minimum absolute atomic E-state index is 0.0373. The molecule has 0 aliphatic rings. The first-order valence-electron chi connectivity index (χ1n) is 7.03. The van der Waals surface area contributed by atoms with E-state index < -0.39 is 40.4 Å². The molecule has 2 rings (SSSR count). The van der Waals surface area contributed by atoms with Crippen LogP contribution in [0.4, 0.5) is 26.3 Å². The van der Waals surface area contributed by atoms with Crippen molar-refractivity contribution in [3.63, 3.8) is 0 Å². The van der Waals surface area contributed by atoms with Crippen molar-refractivity contribution in [2.75, 3.05) is 0 Å². The van der Waals surface area contributed by atoms with Crippen molar-refractivity contribution in [3.05, 3.63) is 67.7 Å². The maximum Gasteiger partial charge on any atom is 0.416 e. The van der Waals surface area contributed by atoms with Crippen LogP contribution in [0.1, 0.15) is 38.2 Å². The van der Waals surface area contributed by atoms with Crippen LogP contribution >= 0.6 is 23.2 Å². The molecule has 0 unspecified atom stereocenters. The highest BCUT2D eigenvalue weighted by Gasteiger charge is 2.35. The Labute approximate surface area is 154 Å². The van der Waals surface area contributed by atoms with Crippen molar-refractivity contribution in [2.24, 2.45) is 0 Å². The number of alkyl halides is 6. The number of benzene rings is 2. The molecule has 0 heterocycles. The Morgan fingerprint density at radius 3 is 1.31 bits per heavy atom. The van der Waals surface area contributed by atoms with E-state index in [1.807, 2.05) is 0 Å². The Morgan fingerprint density at radius 1 is 0.731 bits per heavy atom. The van der Waals surface area contributed by atoms with Crippen molar-refractivity contribution in [3.8, 4) is 0 Å². The first-order valence-corrected chi connectivity index (χ1v) is 7.78. The van der Waals surface area contributed by atoms with E-state index in [2.05, 4.69) is 0 Å². The highest BCUT2D eigenvalue weighted by Crippen LogP contribution is 2.37. The lowest BCUT2D eigenvalue weighted by Gasteiger charge is -2.15. The monoisotopic (exact) mass is 414 g/mol. The molecule has 1 nitrogen and oxygen atoms in total. The van der Waals surface area contributed by atoms with Crippen LogP contribution in [-0.4, -0.2) is 5.78 Å². The molecule has 0 bridgehead atoms. The van der Waals surface area contributed by atoms with E-state index in [0.29, 0.717) is 12.1 Å². The summed E-state index contributed by atoms with van der Waals surface area (Å²) in [5.41, 5.74) is -3.49. The first-order chi connectivity index (χ1) is 11.7. The van der Waals surface area contributed by atoms with Crippen LogP contribution in [0, 0.1) is 13.8 Å². The summed E-state index contributed by atoms with van der Waals surface area (Å²) in [5, 5.41) is -0.566. The Hall–Kier alpha value is -1.73. The molecule has 0 aliphatic carbocycles. The third kappa shape index (κ3) is 3.99. The van der Waals surface area contributed by atoms with E-state index in [1.54, 1.807) is 0 Å². The number of hydrogen-bond acceptors (Lipinski definition) is 1. The maximum absolute atomic E-state index is 13.0. The van der Waals surface area contributed by atoms with Gasteiger partial charge in [0.2, 0.25) is 0 Å². The molecule has 0 aliphatic heterocycles. The molecule has 0 saturated heterocycles. The largest absolute Gasteiger partial charge is 0.416 e. The molecule has 0 N–H and O–H groups in total. The predicted molar refractivity (Wildman–Crippen MR) is 85.8 cm³/mol. The third-order valence-corrected chi connectivity index (χ3v) is 4.66. The van der Waals surface area contributed by atoms with Crippen LogP contribution in [-0.2, 0) is 12.4 Å². The average Bonchev–Trinajstić information content (AvgIpc) is 2.49. The SMILES string of the molecule is Cc1cc(C(F)(F)F)cc(C(=O)c2cc(C(F)(F)F)cc(C)c2Cl)c1Cl. The van der Waals surface area contributed by atoms with Gasteiger partial charge in [0, 0.05) is 11.1 Å². The van der Waals surface area contributed by atoms with Crippen molar-refractivity contribution in [1.82, 2.24) is 0 Å². The lowest BCUT2D eigenvalue weighted by atomic mass is 9.96. The highest BCUT2D eigenvalue weighted by molar-refractivity contribution is 6.39. The molecule has 9 heteroatoms. The van der Waals surface area contributed by atoms with E-state index in [4.69, 9.17) is 23.2 Å². The third-order valence-electron chi connectivity index (χ3n) is 3.65. The van der Waals surface area contributed by atoms with Crippen LogP contribution < -0.4 is 0 Å². The van der Waals surface area contributed by atoms with Crippen molar-refractivity contribution >= 4 is 29.0 Å². The van der Waals surface area contributed by atoms with Gasteiger partial charge in [-0.3, -0.25) is 4.79 Å². The molecule has 0 atom stereocenters. The molecule has 0 radical (unpaired) electrons. The quantitative estimate of drug-likeness (QED) is 0.386. The summed E-state index contributed by atoms with van der Waals surface area (Å²) in [7, 11) is 0. The summed E-state index contributed by atoms with van der Waals surface area (Å²) in [5.74, 6) is -1.12. The average molecular weight is 415 g/mol. The lowest BCUT2D eigenvalue weighted by molar-refractivity contribution is -0.138. The molecule has 0 aromatic heterocycles. The number of aryl methyl sites for hydroxylation is 2. The molecular formula is C17H10Cl2F6O. The maximum atomic E-state index is 13.0. The van der Waals surface area contributed by atoms with Gasteiger partial charge in [0.15, 0.2) is 5.78 Å². The van der Waals surface area contributed by atoms with Gasteiger partial charge in [0.1, 0.15) is 0 Å². The van der Waals surface area contributed by atoms with Gasteiger partial charge in [0.05, 0.1) is 21.2 Å². The topological polar surface area (TPSA) is 17.1 Å². The molecule has 0 fully saturated rings. The fraction of sp³-hybridized carbons (Fsp3) is 0.235. The summed E-state index contributed by atoms with van der Waals surface area (Å²) in [6.45, 7) is 2.51. The lowest BCUT2D eigenvalue weighted by Crippen LogP contribution is -2.13. The summed E-state index contributed by atoms with van der Waals surface area (Å²) in [6.07, 6.45) is -9.50. The van der Waals surface area contributed by atoms with Gasteiger partial charge in [-0.05, 0) is 49.2 Å². The Bertz CT molecular complexity index is 813. The van der Waals surface area contributed by atoms with Gasteiger partial charge in [0.25, 0.3) is 0 Å². The molecule has 140 valence electrons. The van der Waals surface area contributed by atoms with Gasteiger partial charge in [-0.15, -0.1) is 0 Å². The standard InChI is InChI=1S/C17H10Cl2F6O/c1-7-3-9(16(20,21)22)5-11(13(7)18)15(26)12-6-10(17(23,24)25)4-8(2)14(12)19/h3-6H,1-2H3. The van der Waals surface area contributed by atoms with E-state index in [0.717, 1.165) is 12.1 Å². The van der Waals surface area contributed by atoms with E-state index in [-0.39, 0.29) is 21.2 Å². The Morgan fingerprint density at radius 2 is 1.04 bits per heavy atom. The Kier molecular flexibility index (Phi) is 5.36. The van der Waals surface area contributed by atoms with E-state index in [1.165, 1.54) is 13.8 Å². The molecule has 0 amide bonds. The minimum atomic E-state index is -4.75. The van der Waals surface area contributed by atoms with Crippen LogP contribution in [0.2, 0.25) is 10.0 Å². The molecule has 2 aromatic rings. The normalized spacial score (nSPS) is 12.4. The summed E-state index contributed by atoms with van der Waals surface area (Å²) < 4.78 is 77.9. The highest BCUT2D eigenvalue weighted by atomic mass is 35.5. The number of hydrogen-bond donors (Lipinski definition) is 0. The number of ketones is 1. The molecule has 0 saturated carbocycles. The second kappa shape index (κ2) is 6.78. The van der Waals surface area contributed by atoms with Gasteiger partial charge in [-0.1, -0.05) is 23.2 Å². The number of carbonyl (C=O) groups excluding carboxylic acids is 1. The minimum Gasteiger partial charge on any atom is -0.288 e. The number of rotatable bonds is 2. The number of carbonyl (C=O) groups is 1. The van der Waals surface area contributed by atoms with Crippen LogP contribution in [0.5, 0.6) is 0 Å². The van der Waals surface area contributed by atoms with Crippen LogP contribution in [0.15, 0.2) is 24.3 Å². The second-order valence-electron chi connectivity index (χ2n) is 5.63.